The fourth-order valence-corrected chi connectivity index (χ4v) is 1.87. The van der Waals surface area contributed by atoms with Crippen molar-refractivity contribution in [3.05, 3.63) is 0 Å². The van der Waals surface area contributed by atoms with Crippen molar-refractivity contribution in [3.8, 4) is 0 Å². The number of amides is 1. The van der Waals surface area contributed by atoms with E-state index in [1.165, 1.54) is 0 Å². The molecule has 0 aliphatic carbocycles. The third kappa shape index (κ3) is 3.07. The van der Waals surface area contributed by atoms with E-state index in [-0.39, 0.29) is 6.09 Å². The lowest BCUT2D eigenvalue weighted by molar-refractivity contribution is -0.0162. The molecule has 0 atom stereocenters. The van der Waals surface area contributed by atoms with Crippen molar-refractivity contribution in [2.75, 3.05) is 46.1 Å². The number of morpholine rings is 1. The van der Waals surface area contributed by atoms with Gasteiger partial charge in [-0.15, -0.1) is 0 Å². The van der Waals surface area contributed by atoms with Gasteiger partial charge < -0.3 is 14.4 Å². The number of hydrogen-bond acceptors (Lipinski definition) is 4. The van der Waals surface area contributed by atoms with E-state index in [2.05, 4.69) is 4.90 Å². The molecule has 2 aliphatic heterocycles. The SMILES string of the molecule is O=C(OCN1CCOCC1)N1CCCC1. The van der Waals surface area contributed by atoms with E-state index in [0.717, 1.165) is 52.2 Å². The van der Waals surface area contributed by atoms with Gasteiger partial charge in [-0.25, -0.2) is 4.79 Å². The molecule has 2 fully saturated rings. The molecule has 2 saturated heterocycles. The van der Waals surface area contributed by atoms with Gasteiger partial charge in [-0.1, -0.05) is 0 Å². The van der Waals surface area contributed by atoms with E-state index in [1.54, 1.807) is 4.90 Å². The van der Waals surface area contributed by atoms with Gasteiger partial charge in [0.15, 0.2) is 0 Å². The zero-order chi connectivity index (χ0) is 10.5. The molecule has 0 radical (unpaired) electrons. The van der Waals surface area contributed by atoms with E-state index in [4.69, 9.17) is 9.47 Å². The molecule has 15 heavy (non-hydrogen) atoms. The zero-order valence-corrected chi connectivity index (χ0v) is 8.98. The van der Waals surface area contributed by atoms with Gasteiger partial charge in [0.05, 0.1) is 13.2 Å². The Bertz CT molecular complexity index is 211. The predicted molar refractivity (Wildman–Crippen MR) is 54.5 cm³/mol. The van der Waals surface area contributed by atoms with Crippen LogP contribution in [0.4, 0.5) is 4.79 Å². The number of hydrogen-bond donors (Lipinski definition) is 0. The van der Waals surface area contributed by atoms with Crippen molar-refractivity contribution in [2.45, 2.75) is 12.8 Å². The second kappa shape index (κ2) is 5.32. The fourth-order valence-electron chi connectivity index (χ4n) is 1.87. The van der Waals surface area contributed by atoms with Crippen LogP contribution in [0.3, 0.4) is 0 Å². The summed E-state index contributed by atoms with van der Waals surface area (Å²) in [7, 11) is 0. The summed E-state index contributed by atoms with van der Waals surface area (Å²) in [4.78, 5) is 15.4. The lowest BCUT2D eigenvalue weighted by atomic mass is 10.4. The summed E-state index contributed by atoms with van der Waals surface area (Å²) in [5.41, 5.74) is 0. The van der Waals surface area contributed by atoms with Crippen LogP contribution < -0.4 is 0 Å². The van der Waals surface area contributed by atoms with Gasteiger partial charge >= 0.3 is 6.09 Å². The number of carbonyl (C=O) groups is 1. The second-order valence-electron chi connectivity index (χ2n) is 3.96. The first-order valence-electron chi connectivity index (χ1n) is 5.58. The Kier molecular flexibility index (Phi) is 3.80. The van der Waals surface area contributed by atoms with Gasteiger partial charge in [0.25, 0.3) is 0 Å². The number of carbonyl (C=O) groups excluding carboxylic acids is 1. The molecule has 0 unspecified atom stereocenters. The largest absolute Gasteiger partial charge is 0.433 e. The van der Waals surface area contributed by atoms with Crippen LogP contribution in [0.15, 0.2) is 0 Å². The standard InChI is InChI=1S/C10H18N2O3/c13-10(12-3-1-2-4-12)15-9-11-5-7-14-8-6-11/h1-9H2. The molecule has 0 aromatic carbocycles. The molecule has 0 N–H and O–H groups in total. The fraction of sp³-hybridized carbons (Fsp3) is 0.900. The summed E-state index contributed by atoms with van der Waals surface area (Å²) >= 11 is 0. The molecule has 0 spiro atoms. The Hall–Kier alpha value is -0.810. The molecule has 1 amide bonds. The second-order valence-corrected chi connectivity index (χ2v) is 3.96. The maximum Gasteiger partial charge on any atom is 0.411 e. The maximum atomic E-state index is 11.5. The van der Waals surface area contributed by atoms with Gasteiger partial charge in [-0.2, -0.15) is 0 Å². The summed E-state index contributed by atoms with van der Waals surface area (Å²) in [6.45, 7) is 5.28. The first-order valence-corrected chi connectivity index (χ1v) is 5.58. The van der Waals surface area contributed by atoms with Gasteiger partial charge in [0, 0.05) is 26.2 Å². The van der Waals surface area contributed by atoms with E-state index in [9.17, 15) is 4.79 Å². The topological polar surface area (TPSA) is 42.0 Å². The monoisotopic (exact) mass is 214 g/mol. The molecule has 0 aromatic heterocycles. The molecule has 2 rings (SSSR count). The molecule has 86 valence electrons. The van der Waals surface area contributed by atoms with Crippen LogP contribution in [-0.4, -0.2) is 62.0 Å². The highest BCUT2D eigenvalue weighted by atomic mass is 16.6. The number of rotatable bonds is 2. The molecule has 5 heteroatoms. The highest BCUT2D eigenvalue weighted by molar-refractivity contribution is 5.67. The number of likely N-dealkylation sites (tertiary alicyclic amines) is 1. The zero-order valence-electron chi connectivity index (χ0n) is 8.98. The summed E-state index contributed by atoms with van der Waals surface area (Å²) in [5.74, 6) is 0. The minimum atomic E-state index is -0.168. The Morgan fingerprint density at radius 1 is 1.13 bits per heavy atom. The molecular formula is C10H18N2O3. The summed E-state index contributed by atoms with van der Waals surface area (Å²) < 4.78 is 10.4. The van der Waals surface area contributed by atoms with E-state index >= 15 is 0 Å². The summed E-state index contributed by atoms with van der Waals surface area (Å²) in [5, 5.41) is 0. The average Bonchev–Trinajstić information content (AvgIpc) is 2.81. The van der Waals surface area contributed by atoms with Crippen molar-refractivity contribution < 1.29 is 14.3 Å². The Morgan fingerprint density at radius 3 is 2.47 bits per heavy atom. The molecule has 2 heterocycles. The van der Waals surface area contributed by atoms with Crippen molar-refractivity contribution in [1.29, 1.82) is 0 Å². The molecule has 0 bridgehead atoms. The maximum absolute atomic E-state index is 11.5. The lowest BCUT2D eigenvalue weighted by Gasteiger charge is -2.26. The highest BCUT2D eigenvalue weighted by Gasteiger charge is 2.20. The summed E-state index contributed by atoms with van der Waals surface area (Å²) in [6.07, 6.45) is 2.04. The van der Waals surface area contributed by atoms with Crippen LogP contribution in [0.2, 0.25) is 0 Å². The third-order valence-electron chi connectivity index (χ3n) is 2.84. The molecule has 5 nitrogen and oxygen atoms in total. The Balaban J connectivity index is 1.65. The van der Waals surface area contributed by atoms with Crippen molar-refractivity contribution >= 4 is 6.09 Å². The van der Waals surface area contributed by atoms with Crippen LogP contribution >= 0.6 is 0 Å². The number of nitrogens with zero attached hydrogens (tertiary/aromatic N) is 2. The molecule has 0 aromatic rings. The van der Waals surface area contributed by atoms with E-state index < -0.39 is 0 Å². The van der Waals surface area contributed by atoms with Gasteiger partial charge in [0.1, 0.15) is 6.73 Å². The quantitative estimate of drug-likeness (QED) is 0.671. The summed E-state index contributed by atoms with van der Waals surface area (Å²) in [6, 6.07) is 0. The first kappa shape index (κ1) is 10.7. The highest BCUT2D eigenvalue weighted by Crippen LogP contribution is 2.09. The van der Waals surface area contributed by atoms with Crippen molar-refractivity contribution in [2.24, 2.45) is 0 Å². The van der Waals surface area contributed by atoms with Crippen LogP contribution in [0, 0.1) is 0 Å². The van der Waals surface area contributed by atoms with E-state index in [0.29, 0.717) is 6.73 Å². The molecular weight excluding hydrogens is 196 g/mol. The predicted octanol–water partition coefficient (Wildman–Crippen LogP) is 0.508. The molecule has 0 saturated carbocycles. The third-order valence-corrected chi connectivity index (χ3v) is 2.84. The molecule has 2 aliphatic rings. The Morgan fingerprint density at radius 2 is 1.80 bits per heavy atom. The smallest absolute Gasteiger partial charge is 0.411 e. The van der Waals surface area contributed by atoms with Gasteiger partial charge in [0.2, 0.25) is 0 Å². The van der Waals surface area contributed by atoms with Crippen LogP contribution in [0.5, 0.6) is 0 Å². The first-order chi connectivity index (χ1) is 7.36. The van der Waals surface area contributed by atoms with Crippen LogP contribution in [-0.2, 0) is 9.47 Å². The Labute approximate surface area is 89.9 Å². The van der Waals surface area contributed by atoms with Crippen molar-refractivity contribution in [3.63, 3.8) is 0 Å². The minimum Gasteiger partial charge on any atom is -0.433 e. The normalized spacial score (nSPS) is 23.1. The van der Waals surface area contributed by atoms with Gasteiger partial charge in [-0.05, 0) is 12.8 Å². The van der Waals surface area contributed by atoms with Crippen molar-refractivity contribution in [1.82, 2.24) is 9.80 Å². The lowest BCUT2D eigenvalue weighted by Crippen LogP contribution is -2.40. The van der Waals surface area contributed by atoms with Crippen LogP contribution in [0.25, 0.3) is 0 Å². The van der Waals surface area contributed by atoms with Crippen LogP contribution in [0.1, 0.15) is 12.8 Å². The van der Waals surface area contributed by atoms with E-state index in [1.807, 2.05) is 0 Å². The number of ether oxygens (including phenoxy) is 2. The average molecular weight is 214 g/mol. The minimum absolute atomic E-state index is 0.168. The van der Waals surface area contributed by atoms with Gasteiger partial charge in [-0.3, -0.25) is 4.90 Å².